The summed E-state index contributed by atoms with van der Waals surface area (Å²) in [5, 5.41) is 20.8. The first kappa shape index (κ1) is 20.2. The maximum absolute atomic E-state index is 13.1. The summed E-state index contributed by atoms with van der Waals surface area (Å²) in [6.07, 6.45) is 0. The van der Waals surface area contributed by atoms with Crippen LogP contribution in [0.2, 0.25) is 0 Å². The standard InChI is InChI=1S/C25H21NO5/c1-15-5-3-4-6-20(15)26-22(16-7-11-18(27)12-8-16)21(24(29)25(26)30)23(28)17-9-13-19(31-2)14-10-17/h3-14,22,27-28H,1-2H3/b23-21+. The number of anilines is 1. The number of nitrogens with zero attached hydrogens (tertiary/aromatic N) is 1. The third-order valence-electron chi connectivity index (χ3n) is 5.39. The molecule has 31 heavy (non-hydrogen) atoms. The summed E-state index contributed by atoms with van der Waals surface area (Å²) < 4.78 is 5.15. The number of amides is 1. The SMILES string of the molecule is COc1ccc(/C(O)=C2\C(=O)C(=O)N(c3ccccc3C)C2c2ccc(O)cc2)cc1. The van der Waals surface area contributed by atoms with E-state index in [0.29, 0.717) is 22.6 Å². The molecule has 1 atom stereocenters. The van der Waals surface area contributed by atoms with E-state index in [1.165, 1.54) is 24.1 Å². The Morgan fingerprint density at radius 3 is 2.19 bits per heavy atom. The lowest BCUT2D eigenvalue weighted by molar-refractivity contribution is -0.132. The van der Waals surface area contributed by atoms with Crippen LogP contribution in [0.3, 0.4) is 0 Å². The molecule has 0 aliphatic carbocycles. The minimum Gasteiger partial charge on any atom is -0.508 e. The monoisotopic (exact) mass is 415 g/mol. The van der Waals surface area contributed by atoms with E-state index in [4.69, 9.17) is 4.74 Å². The third-order valence-corrected chi connectivity index (χ3v) is 5.39. The number of carbonyl (C=O) groups excluding carboxylic acids is 2. The van der Waals surface area contributed by atoms with E-state index >= 15 is 0 Å². The number of aryl methyl sites for hydroxylation is 1. The fraction of sp³-hybridized carbons (Fsp3) is 0.120. The number of para-hydroxylation sites is 1. The Morgan fingerprint density at radius 1 is 0.935 bits per heavy atom. The highest BCUT2D eigenvalue weighted by Gasteiger charge is 2.47. The van der Waals surface area contributed by atoms with Gasteiger partial charge in [0.2, 0.25) is 0 Å². The zero-order chi connectivity index (χ0) is 22.1. The lowest BCUT2D eigenvalue weighted by Crippen LogP contribution is -2.30. The second-order valence-corrected chi connectivity index (χ2v) is 7.28. The van der Waals surface area contributed by atoms with Crippen molar-refractivity contribution in [3.63, 3.8) is 0 Å². The number of methoxy groups -OCH3 is 1. The molecule has 0 aromatic heterocycles. The average molecular weight is 415 g/mol. The van der Waals surface area contributed by atoms with Gasteiger partial charge in [-0.1, -0.05) is 30.3 Å². The van der Waals surface area contributed by atoms with Crippen LogP contribution in [0, 0.1) is 6.92 Å². The minimum atomic E-state index is -0.844. The summed E-state index contributed by atoms with van der Waals surface area (Å²) in [4.78, 5) is 27.6. The first-order chi connectivity index (χ1) is 14.9. The van der Waals surface area contributed by atoms with Gasteiger partial charge < -0.3 is 14.9 Å². The highest BCUT2D eigenvalue weighted by Crippen LogP contribution is 2.43. The molecule has 0 saturated carbocycles. The lowest BCUT2D eigenvalue weighted by Gasteiger charge is -2.26. The Morgan fingerprint density at radius 2 is 1.58 bits per heavy atom. The largest absolute Gasteiger partial charge is 0.508 e. The van der Waals surface area contributed by atoms with Gasteiger partial charge in [-0.3, -0.25) is 14.5 Å². The van der Waals surface area contributed by atoms with Crippen molar-refractivity contribution < 1.29 is 24.5 Å². The van der Waals surface area contributed by atoms with Gasteiger partial charge in [0.15, 0.2) is 0 Å². The number of phenolic OH excluding ortho intramolecular Hbond substituents is 1. The molecule has 1 aliphatic heterocycles. The second kappa shape index (κ2) is 7.99. The summed E-state index contributed by atoms with van der Waals surface area (Å²) >= 11 is 0. The zero-order valence-electron chi connectivity index (χ0n) is 17.1. The fourth-order valence-corrected chi connectivity index (χ4v) is 3.79. The van der Waals surface area contributed by atoms with Crippen molar-refractivity contribution in [2.75, 3.05) is 12.0 Å². The van der Waals surface area contributed by atoms with Crippen LogP contribution in [0.1, 0.15) is 22.7 Å². The lowest BCUT2D eigenvalue weighted by atomic mass is 9.95. The number of phenols is 1. The number of rotatable bonds is 4. The first-order valence-corrected chi connectivity index (χ1v) is 9.72. The Hall–Kier alpha value is -4.06. The molecular weight excluding hydrogens is 394 g/mol. The number of aromatic hydroxyl groups is 1. The van der Waals surface area contributed by atoms with E-state index in [1.807, 2.05) is 19.1 Å². The van der Waals surface area contributed by atoms with Gasteiger partial charge in [-0.15, -0.1) is 0 Å². The van der Waals surface area contributed by atoms with Crippen molar-refractivity contribution in [1.29, 1.82) is 0 Å². The minimum absolute atomic E-state index is 0.0101. The number of hydrogen-bond donors (Lipinski definition) is 2. The number of Topliss-reactive ketones (excluding diaryl/α,β-unsaturated/α-hetero) is 1. The van der Waals surface area contributed by atoms with Crippen molar-refractivity contribution >= 4 is 23.1 Å². The molecule has 156 valence electrons. The molecule has 1 heterocycles. The van der Waals surface area contributed by atoms with Gasteiger partial charge in [0.1, 0.15) is 17.3 Å². The van der Waals surface area contributed by atoms with Crippen LogP contribution in [0.4, 0.5) is 5.69 Å². The maximum Gasteiger partial charge on any atom is 0.300 e. The molecule has 2 N–H and O–H groups in total. The quantitative estimate of drug-likeness (QED) is 0.376. The number of benzene rings is 3. The number of hydrogen-bond acceptors (Lipinski definition) is 5. The topological polar surface area (TPSA) is 87.1 Å². The predicted octanol–water partition coefficient (Wildman–Crippen LogP) is 4.34. The van der Waals surface area contributed by atoms with E-state index in [1.54, 1.807) is 48.5 Å². The molecule has 1 unspecified atom stereocenters. The van der Waals surface area contributed by atoms with Crippen LogP contribution < -0.4 is 9.64 Å². The van der Waals surface area contributed by atoms with E-state index in [2.05, 4.69) is 0 Å². The Balaban J connectivity index is 1.94. The predicted molar refractivity (Wildman–Crippen MR) is 117 cm³/mol. The van der Waals surface area contributed by atoms with Crippen LogP contribution in [0.15, 0.2) is 78.4 Å². The second-order valence-electron chi connectivity index (χ2n) is 7.28. The molecule has 0 spiro atoms. The van der Waals surface area contributed by atoms with Crippen LogP contribution in [-0.4, -0.2) is 29.0 Å². The Bertz CT molecular complexity index is 1180. The third kappa shape index (κ3) is 3.53. The van der Waals surface area contributed by atoms with Crippen LogP contribution >= 0.6 is 0 Å². The van der Waals surface area contributed by atoms with Crippen molar-refractivity contribution in [3.8, 4) is 11.5 Å². The highest BCUT2D eigenvalue weighted by atomic mass is 16.5. The summed E-state index contributed by atoms with van der Waals surface area (Å²) in [6.45, 7) is 1.85. The normalized spacial score (nSPS) is 17.7. The van der Waals surface area contributed by atoms with Crippen molar-refractivity contribution in [3.05, 3.63) is 95.1 Å². The summed E-state index contributed by atoms with van der Waals surface area (Å²) in [5.74, 6) is -1.09. The smallest absolute Gasteiger partial charge is 0.300 e. The highest BCUT2D eigenvalue weighted by molar-refractivity contribution is 6.51. The van der Waals surface area contributed by atoms with Gasteiger partial charge in [0.25, 0.3) is 11.7 Å². The van der Waals surface area contributed by atoms with E-state index in [-0.39, 0.29) is 17.1 Å². The van der Waals surface area contributed by atoms with Gasteiger partial charge >= 0.3 is 0 Å². The molecule has 6 nitrogen and oxygen atoms in total. The molecule has 6 heteroatoms. The van der Waals surface area contributed by atoms with Crippen molar-refractivity contribution in [2.24, 2.45) is 0 Å². The maximum atomic E-state index is 13.1. The van der Waals surface area contributed by atoms with Crippen LogP contribution in [0.5, 0.6) is 11.5 Å². The van der Waals surface area contributed by atoms with Gasteiger partial charge in [0, 0.05) is 11.3 Å². The average Bonchev–Trinajstić information content (AvgIpc) is 3.05. The molecule has 3 aromatic rings. The number of ketones is 1. The summed E-state index contributed by atoms with van der Waals surface area (Å²) in [5.41, 5.74) is 2.38. The molecule has 3 aromatic carbocycles. The van der Waals surface area contributed by atoms with Gasteiger partial charge in [-0.05, 0) is 60.5 Å². The van der Waals surface area contributed by atoms with Gasteiger partial charge in [-0.2, -0.15) is 0 Å². The summed E-state index contributed by atoms with van der Waals surface area (Å²) in [7, 11) is 1.54. The fourth-order valence-electron chi connectivity index (χ4n) is 3.79. The van der Waals surface area contributed by atoms with E-state index < -0.39 is 17.7 Å². The number of aliphatic hydroxyl groups is 1. The molecule has 0 radical (unpaired) electrons. The van der Waals surface area contributed by atoms with E-state index in [0.717, 1.165) is 5.56 Å². The number of ether oxygens (including phenoxy) is 1. The molecule has 4 rings (SSSR count). The van der Waals surface area contributed by atoms with Crippen molar-refractivity contribution in [2.45, 2.75) is 13.0 Å². The van der Waals surface area contributed by atoms with Gasteiger partial charge in [-0.25, -0.2) is 0 Å². The number of carbonyl (C=O) groups is 2. The molecule has 1 fully saturated rings. The molecule has 0 bridgehead atoms. The van der Waals surface area contributed by atoms with Crippen LogP contribution in [-0.2, 0) is 9.59 Å². The molecular formula is C25H21NO5. The Labute approximate surface area is 179 Å². The number of aliphatic hydroxyl groups excluding tert-OH is 1. The van der Waals surface area contributed by atoms with Crippen LogP contribution in [0.25, 0.3) is 5.76 Å². The zero-order valence-corrected chi connectivity index (χ0v) is 17.1. The van der Waals surface area contributed by atoms with Gasteiger partial charge in [0.05, 0.1) is 18.7 Å². The molecule has 1 amide bonds. The first-order valence-electron chi connectivity index (χ1n) is 9.72. The molecule has 1 saturated heterocycles. The molecule has 1 aliphatic rings. The summed E-state index contributed by atoms with van der Waals surface area (Å²) in [6, 6.07) is 19.3. The van der Waals surface area contributed by atoms with Crippen molar-refractivity contribution in [1.82, 2.24) is 0 Å². The Kier molecular flexibility index (Phi) is 5.21. The van der Waals surface area contributed by atoms with E-state index in [9.17, 15) is 19.8 Å².